The van der Waals surface area contributed by atoms with Crippen molar-refractivity contribution in [2.45, 2.75) is 17.5 Å². The molecule has 1 aromatic carbocycles. The van der Waals surface area contributed by atoms with E-state index in [-0.39, 0.29) is 35.8 Å². The second kappa shape index (κ2) is 7.80. The molecule has 2 aliphatic rings. The largest absolute Gasteiger partial charge is 0.315 e. The fourth-order valence-electron chi connectivity index (χ4n) is 2.41. The van der Waals surface area contributed by atoms with Crippen LogP contribution >= 0.6 is 47.5 Å². The highest BCUT2D eigenvalue weighted by molar-refractivity contribution is 8.00. The van der Waals surface area contributed by atoms with E-state index in [0.29, 0.717) is 16.7 Å². The van der Waals surface area contributed by atoms with Crippen LogP contribution in [0.2, 0.25) is 5.02 Å². The Bertz CT molecular complexity index is 578. The molecular formula is C14H15Cl2N3OS2. The minimum atomic E-state index is -0.288. The molecule has 2 aliphatic heterocycles. The van der Waals surface area contributed by atoms with E-state index >= 15 is 0 Å². The number of nitrogens with one attached hydrogen (secondary N) is 1. The van der Waals surface area contributed by atoms with Crippen LogP contribution in [-0.2, 0) is 4.79 Å². The summed E-state index contributed by atoms with van der Waals surface area (Å²) in [5.74, 6) is 2.09. The molecule has 118 valence electrons. The van der Waals surface area contributed by atoms with Crippen molar-refractivity contribution in [3.63, 3.8) is 0 Å². The van der Waals surface area contributed by atoms with E-state index in [4.69, 9.17) is 16.9 Å². The molecule has 2 fully saturated rings. The predicted molar refractivity (Wildman–Crippen MR) is 94.4 cm³/mol. The molecule has 1 aromatic rings. The van der Waals surface area contributed by atoms with Crippen LogP contribution in [0.15, 0.2) is 24.3 Å². The van der Waals surface area contributed by atoms with Crippen molar-refractivity contribution in [3.8, 4) is 6.07 Å². The number of rotatable bonds is 2. The lowest BCUT2D eigenvalue weighted by atomic mass is 10.2. The van der Waals surface area contributed by atoms with Crippen molar-refractivity contribution in [2.75, 3.05) is 17.4 Å². The molecule has 0 saturated carbocycles. The number of carbonyl (C=O) groups excluding carboxylic acids is 1. The molecule has 1 amide bonds. The van der Waals surface area contributed by atoms with Crippen LogP contribution in [0.25, 0.3) is 0 Å². The maximum Gasteiger partial charge on any atom is 0.242 e. The van der Waals surface area contributed by atoms with Crippen molar-refractivity contribution in [2.24, 2.45) is 0 Å². The van der Waals surface area contributed by atoms with Gasteiger partial charge in [0.1, 0.15) is 6.04 Å². The minimum Gasteiger partial charge on any atom is -0.315 e. The summed E-state index contributed by atoms with van der Waals surface area (Å²) >= 11 is 9.24. The highest BCUT2D eigenvalue weighted by Gasteiger charge is 2.37. The van der Waals surface area contributed by atoms with Crippen molar-refractivity contribution < 1.29 is 4.79 Å². The van der Waals surface area contributed by atoms with E-state index in [1.54, 1.807) is 28.4 Å². The maximum atomic E-state index is 12.5. The highest BCUT2D eigenvalue weighted by Crippen LogP contribution is 2.34. The zero-order valence-corrected chi connectivity index (χ0v) is 14.8. The fourth-order valence-corrected chi connectivity index (χ4v) is 4.86. The monoisotopic (exact) mass is 375 g/mol. The topological polar surface area (TPSA) is 56.1 Å². The average Bonchev–Trinajstić information content (AvgIpc) is 3.16. The summed E-state index contributed by atoms with van der Waals surface area (Å²) in [6.45, 7) is 0. The van der Waals surface area contributed by atoms with Crippen LogP contribution in [0.1, 0.15) is 10.9 Å². The molecule has 8 heteroatoms. The van der Waals surface area contributed by atoms with Crippen LogP contribution in [0, 0.1) is 11.3 Å². The van der Waals surface area contributed by atoms with Gasteiger partial charge in [-0.05, 0) is 17.7 Å². The number of thioether (sulfide) groups is 2. The second-order valence-corrected chi connectivity index (χ2v) is 7.51. The van der Waals surface area contributed by atoms with Gasteiger partial charge in [-0.15, -0.1) is 35.9 Å². The quantitative estimate of drug-likeness (QED) is 0.860. The summed E-state index contributed by atoms with van der Waals surface area (Å²) in [7, 11) is 0. The molecule has 22 heavy (non-hydrogen) atoms. The Morgan fingerprint density at radius 1 is 1.36 bits per heavy atom. The van der Waals surface area contributed by atoms with Crippen molar-refractivity contribution >= 4 is 53.4 Å². The van der Waals surface area contributed by atoms with E-state index in [1.807, 2.05) is 24.3 Å². The number of hydrogen-bond donors (Lipinski definition) is 1. The summed E-state index contributed by atoms with van der Waals surface area (Å²) in [6.07, 6.45) is 0. The van der Waals surface area contributed by atoms with Crippen LogP contribution in [-0.4, -0.2) is 40.3 Å². The number of amides is 1. The molecule has 4 nitrogen and oxygen atoms in total. The molecule has 0 aromatic heterocycles. The van der Waals surface area contributed by atoms with Gasteiger partial charge in [0, 0.05) is 16.5 Å². The molecule has 1 N–H and O–H groups in total. The smallest absolute Gasteiger partial charge is 0.242 e. The van der Waals surface area contributed by atoms with Gasteiger partial charge in [0.05, 0.1) is 23.4 Å². The predicted octanol–water partition coefficient (Wildman–Crippen LogP) is 2.89. The molecule has 3 rings (SSSR count). The number of carbonyl (C=O) groups is 1. The highest BCUT2D eigenvalue weighted by atomic mass is 35.5. The minimum absolute atomic E-state index is 0. The number of hydrogen-bond acceptors (Lipinski definition) is 5. The zero-order valence-electron chi connectivity index (χ0n) is 11.6. The Labute approximate surface area is 149 Å². The molecule has 3 atom stereocenters. The standard InChI is InChI=1S/C14H14ClN3OS2.ClH/c15-10-3-1-9(2-4-10)13-17-12(7-21-13)14(19)18-8-20-6-11(18)5-16;/h1-4,11-13,17H,6-8H2;1H/t11-,12+,13?;/m1./s1. The van der Waals surface area contributed by atoms with E-state index in [0.717, 1.165) is 11.3 Å². The first kappa shape index (κ1) is 17.8. The van der Waals surface area contributed by atoms with Gasteiger partial charge in [-0.1, -0.05) is 23.7 Å². The Hall–Kier alpha value is -0.580. The third-order valence-corrected chi connectivity index (χ3v) is 6.10. The average molecular weight is 376 g/mol. The Morgan fingerprint density at radius 2 is 2.09 bits per heavy atom. The van der Waals surface area contributed by atoms with E-state index in [9.17, 15) is 4.79 Å². The van der Waals surface area contributed by atoms with Gasteiger partial charge >= 0.3 is 0 Å². The third-order valence-electron chi connectivity index (χ3n) is 3.57. The van der Waals surface area contributed by atoms with Gasteiger partial charge in [-0.3, -0.25) is 10.1 Å². The van der Waals surface area contributed by atoms with E-state index in [1.165, 1.54) is 0 Å². The summed E-state index contributed by atoms with van der Waals surface area (Å²) in [6, 6.07) is 9.37. The van der Waals surface area contributed by atoms with Crippen LogP contribution in [0.4, 0.5) is 0 Å². The first-order valence-corrected chi connectivity index (χ1v) is 9.18. The van der Waals surface area contributed by atoms with Gasteiger partial charge in [-0.25, -0.2) is 0 Å². The van der Waals surface area contributed by atoms with Gasteiger partial charge in [0.25, 0.3) is 0 Å². The Morgan fingerprint density at radius 3 is 2.77 bits per heavy atom. The van der Waals surface area contributed by atoms with Gasteiger partial charge in [0.2, 0.25) is 5.91 Å². The number of nitriles is 1. The fraction of sp³-hybridized carbons (Fsp3) is 0.429. The van der Waals surface area contributed by atoms with E-state index < -0.39 is 0 Å². The first-order chi connectivity index (χ1) is 10.2. The zero-order chi connectivity index (χ0) is 14.8. The molecule has 0 spiro atoms. The van der Waals surface area contributed by atoms with Crippen LogP contribution in [0.5, 0.6) is 0 Å². The molecule has 1 unspecified atom stereocenters. The lowest BCUT2D eigenvalue weighted by molar-refractivity contribution is -0.132. The van der Waals surface area contributed by atoms with Gasteiger partial charge in [0.15, 0.2) is 0 Å². The molecular weight excluding hydrogens is 361 g/mol. The van der Waals surface area contributed by atoms with E-state index in [2.05, 4.69) is 11.4 Å². The number of halogens is 2. The number of benzene rings is 1. The Balaban J connectivity index is 0.00000176. The third kappa shape index (κ3) is 3.66. The molecule has 0 bridgehead atoms. The van der Waals surface area contributed by atoms with Gasteiger partial charge in [-0.2, -0.15) is 5.26 Å². The van der Waals surface area contributed by atoms with Crippen molar-refractivity contribution in [1.29, 1.82) is 5.26 Å². The summed E-state index contributed by atoms with van der Waals surface area (Å²) in [5.41, 5.74) is 1.12. The summed E-state index contributed by atoms with van der Waals surface area (Å²) < 4.78 is 0. The Kier molecular flexibility index (Phi) is 6.30. The number of nitrogens with zero attached hydrogens (tertiary/aromatic N) is 2. The summed E-state index contributed by atoms with van der Waals surface area (Å²) in [5, 5.41) is 13.3. The first-order valence-electron chi connectivity index (χ1n) is 6.60. The van der Waals surface area contributed by atoms with Gasteiger partial charge < -0.3 is 4.90 Å². The van der Waals surface area contributed by atoms with Crippen molar-refractivity contribution in [1.82, 2.24) is 10.2 Å². The molecule has 0 aliphatic carbocycles. The maximum absolute atomic E-state index is 12.5. The van der Waals surface area contributed by atoms with Crippen LogP contribution < -0.4 is 5.32 Å². The van der Waals surface area contributed by atoms with Crippen LogP contribution in [0.3, 0.4) is 0 Å². The molecule has 0 radical (unpaired) electrons. The molecule has 2 saturated heterocycles. The molecule has 2 heterocycles. The second-order valence-electron chi connectivity index (χ2n) is 4.94. The summed E-state index contributed by atoms with van der Waals surface area (Å²) in [4.78, 5) is 14.2. The van der Waals surface area contributed by atoms with Crippen molar-refractivity contribution in [3.05, 3.63) is 34.9 Å². The lowest BCUT2D eigenvalue weighted by Gasteiger charge is -2.22. The normalized spacial score (nSPS) is 27.3. The SMILES string of the molecule is Cl.N#C[C@@H]1CSCN1C(=O)[C@@H]1CSC(c2ccc(Cl)cc2)N1. The lowest BCUT2D eigenvalue weighted by Crippen LogP contribution is -2.47.